The maximum Gasteiger partial charge on any atom is 0.119 e. The van der Waals surface area contributed by atoms with Gasteiger partial charge in [-0.2, -0.15) is 0 Å². The molecule has 0 radical (unpaired) electrons. The lowest BCUT2D eigenvalue weighted by Crippen LogP contribution is -2.17. The minimum absolute atomic E-state index is 0.387. The van der Waals surface area contributed by atoms with Crippen LogP contribution in [0.25, 0.3) is 0 Å². The third-order valence-electron chi connectivity index (χ3n) is 8.61. The minimum atomic E-state index is -0.989. The van der Waals surface area contributed by atoms with Crippen LogP contribution in [0.5, 0.6) is 11.5 Å². The van der Waals surface area contributed by atoms with Gasteiger partial charge in [0.05, 0.1) is 14.2 Å². The van der Waals surface area contributed by atoms with Crippen LogP contribution in [0.4, 0.5) is 0 Å². The Balaban J connectivity index is 1.67. The molecule has 4 heteroatoms. The van der Waals surface area contributed by atoms with Crippen molar-refractivity contribution in [3.63, 3.8) is 0 Å². The van der Waals surface area contributed by atoms with Crippen molar-refractivity contribution in [1.29, 1.82) is 0 Å². The highest BCUT2D eigenvalue weighted by atomic mass is 16.5. The van der Waals surface area contributed by atoms with E-state index in [9.17, 15) is 10.2 Å². The standard InChI is InChI=1S/C32H46O4/c1-35-25-17-19-27(29(21-25)23-13-9-5-3-6-10-14-23)31(33)32(34)28-20-18-26(36-2)22-30(28)24-15-11-7-4-8-12-16-24/h17-24,31-34H,3-16H2,1-2H3/t31-,32-/m1/s1. The summed E-state index contributed by atoms with van der Waals surface area (Å²) in [6, 6.07) is 12.0. The first-order valence-electron chi connectivity index (χ1n) is 14.3. The second-order valence-corrected chi connectivity index (χ2v) is 11.0. The van der Waals surface area contributed by atoms with Crippen molar-refractivity contribution in [3.05, 3.63) is 58.7 Å². The van der Waals surface area contributed by atoms with Crippen LogP contribution in [-0.2, 0) is 0 Å². The summed E-state index contributed by atoms with van der Waals surface area (Å²) in [4.78, 5) is 0. The fourth-order valence-electron chi connectivity index (χ4n) is 6.48. The zero-order valence-corrected chi connectivity index (χ0v) is 22.4. The number of aliphatic hydroxyl groups is 2. The maximum atomic E-state index is 11.7. The molecule has 0 amide bonds. The molecule has 2 aromatic rings. The number of ether oxygens (including phenoxy) is 2. The van der Waals surface area contributed by atoms with Crippen LogP contribution < -0.4 is 9.47 Å². The monoisotopic (exact) mass is 494 g/mol. The summed E-state index contributed by atoms with van der Waals surface area (Å²) < 4.78 is 11.1. The van der Waals surface area contributed by atoms with Crippen molar-refractivity contribution in [3.8, 4) is 11.5 Å². The number of methoxy groups -OCH3 is 2. The Morgan fingerprint density at radius 1 is 0.556 bits per heavy atom. The van der Waals surface area contributed by atoms with Gasteiger partial charge in [0, 0.05) is 0 Å². The van der Waals surface area contributed by atoms with Gasteiger partial charge in [-0.1, -0.05) is 76.3 Å². The van der Waals surface area contributed by atoms with Crippen molar-refractivity contribution in [2.75, 3.05) is 14.2 Å². The Morgan fingerprint density at radius 2 is 0.889 bits per heavy atom. The van der Waals surface area contributed by atoms with E-state index in [1.165, 1.54) is 64.2 Å². The molecular formula is C32H46O4. The maximum absolute atomic E-state index is 11.7. The molecule has 4 rings (SSSR count). The molecule has 4 nitrogen and oxygen atoms in total. The molecular weight excluding hydrogens is 448 g/mol. The molecule has 2 aliphatic carbocycles. The third kappa shape index (κ3) is 6.63. The van der Waals surface area contributed by atoms with Crippen molar-refractivity contribution in [2.24, 2.45) is 0 Å². The highest BCUT2D eigenvalue weighted by molar-refractivity contribution is 5.44. The number of hydrogen-bond donors (Lipinski definition) is 2. The summed E-state index contributed by atoms with van der Waals surface area (Å²) in [6.07, 6.45) is 15.1. The Morgan fingerprint density at radius 3 is 1.22 bits per heavy atom. The third-order valence-corrected chi connectivity index (χ3v) is 8.61. The molecule has 2 atom stereocenters. The molecule has 2 saturated carbocycles. The lowest BCUT2D eigenvalue weighted by molar-refractivity contribution is 0.0156. The van der Waals surface area contributed by atoms with E-state index in [0.717, 1.165) is 59.4 Å². The van der Waals surface area contributed by atoms with Crippen molar-refractivity contribution < 1.29 is 19.7 Å². The molecule has 0 aliphatic heterocycles. The van der Waals surface area contributed by atoms with Gasteiger partial charge in [0.15, 0.2) is 0 Å². The largest absolute Gasteiger partial charge is 0.497 e. The van der Waals surface area contributed by atoms with E-state index in [1.54, 1.807) is 14.2 Å². The van der Waals surface area contributed by atoms with Crippen molar-refractivity contribution >= 4 is 0 Å². The van der Waals surface area contributed by atoms with Crippen LogP contribution in [0.15, 0.2) is 36.4 Å². The van der Waals surface area contributed by atoms with Gasteiger partial charge in [-0.05, 0) is 84.0 Å². The van der Waals surface area contributed by atoms with E-state index in [4.69, 9.17) is 9.47 Å². The average molecular weight is 495 g/mol. The molecule has 2 aromatic carbocycles. The van der Waals surface area contributed by atoms with E-state index in [0.29, 0.717) is 11.8 Å². The van der Waals surface area contributed by atoms with E-state index in [-0.39, 0.29) is 0 Å². The predicted octanol–water partition coefficient (Wildman–Crippen LogP) is 8.13. The van der Waals surface area contributed by atoms with Gasteiger partial charge in [0.25, 0.3) is 0 Å². The Bertz CT molecular complexity index is 862. The Labute approximate surface area is 218 Å². The Hall–Kier alpha value is -2.04. The summed E-state index contributed by atoms with van der Waals surface area (Å²) in [6.45, 7) is 0. The molecule has 0 bridgehead atoms. The normalized spacial score (nSPS) is 20.4. The topological polar surface area (TPSA) is 58.9 Å². The molecule has 0 heterocycles. The molecule has 2 fully saturated rings. The molecule has 0 spiro atoms. The summed E-state index contributed by atoms with van der Waals surface area (Å²) in [7, 11) is 3.39. The van der Waals surface area contributed by atoms with Gasteiger partial charge < -0.3 is 19.7 Å². The summed E-state index contributed by atoms with van der Waals surface area (Å²) >= 11 is 0. The quantitative estimate of drug-likeness (QED) is 0.408. The van der Waals surface area contributed by atoms with Crippen LogP contribution in [0.1, 0.15) is 136 Å². The molecule has 0 saturated heterocycles. The van der Waals surface area contributed by atoms with Crippen LogP contribution >= 0.6 is 0 Å². The number of rotatable bonds is 7. The second-order valence-electron chi connectivity index (χ2n) is 11.0. The highest BCUT2D eigenvalue weighted by Crippen LogP contribution is 2.43. The lowest BCUT2D eigenvalue weighted by Gasteiger charge is -2.30. The van der Waals surface area contributed by atoms with Crippen LogP contribution in [0, 0.1) is 0 Å². The van der Waals surface area contributed by atoms with E-state index < -0.39 is 12.2 Å². The summed E-state index contributed by atoms with van der Waals surface area (Å²) in [5.74, 6) is 2.41. The van der Waals surface area contributed by atoms with Crippen LogP contribution in [0.2, 0.25) is 0 Å². The Kier molecular flexibility index (Phi) is 10.1. The molecule has 2 N–H and O–H groups in total. The zero-order chi connectivity index (χ0) is 25.3. The van der Waals surface area contributed by atoms with Gasteiger partial charge >= 0.3 is 0 Å². The molecule has 2 aliphatic rings. The molecule has 0 aromatic heterocycles. The van der Waals surface area contributed by atoms with Gasteiger partial charge in [0.1, 0.15) is 23.7 Å². The van der Waals surface area contributed by atoms with Crippen molar-refractivity contribution in [1.82, 2.24) is 0 Å². The highest BCUT2D eigenvalue weighted by Gasteiger charge is 2.30. The predicted molar refractivity (Wildman–Crippen MR) is 146 cm³/mol. The van der Waals surface area contributed by atoms with Crippen LogP contribution in [-0.4, -0.2) is 24.4 Å². The lowest BCUT2D eigenvalue weighted by atomic mass is 9.79. The second kappa shape index (κ2) is 13.5. The van der Waals surface area contributed by atoms with E-state index in [2.05, 4.69) is 12.1 Å². The number of benzene rings is 2. The smallest absolute Gasteiger partial charge is 0.119 e. The van der Waals surface area contributed by atoms with Gasteiger partial charge in [-0.3, -0.25) is 0 Å². The fraction of sp³-hybridized carbons (Fsp3) is 0.625. The minimum Gasteiger partial charge on any atom is -0.497 e. The van der Waals surface area contributed by atoms with E-state index >= 15 is 0 Å². The van der Waals surface area contributed by atoms with E-state index in [1.807, 2.05) is 24.3 Å². The fourth-order valence-corrected chi connectivity index (χ4v) is 6.48. The molecule has 36 heavy (non-hydrogen) atoms. The molecule has 0 unspecified atom stereocenters. The summed E-state index contributed by atoms with van der Waals surface area (Å²) in [5, 5.41) is 23.3. The first kappa shape index (κ1) is 27.0. The molecule has 198 valence electrons. The summed E-state index contributed by atoms with van der Waals surface area (Å²) in [5.41, 5.74) is 3.97. The van der Waals surface area contributed by atoms with Gasteiger partial charge in [-0.25, -0.2) is 0 Å². The van der Waals surface area contributed by atoms with Crippen LogP contribution in [0.3, 0.4) is 0 Å². The SMILES string of the molecule is COc1ccc([C@@H](O)[C@H](O)c2ccc(OC)cc2C2CCCCCCC2)c(C2CCCCCCC2)c1. The van der Waals surface area contributed by atoms with Gasteiger partial charge in [0.2, 0.25) is 0 Å². The van der Waals surface area contributed by atoms with Crippen molar-refractivity contribution in [2.45, 2.75) is 114 Å². The van der Waals surface area contributed by atoms with Gasteiger partial charge in [-0.15, -0.1) is 0 Å². The number of aliphatic hydroxyl groups excluding tert-OH is 2. The average Bonchev–Trinajstić information content (AvgIpc) is 2.87. The zero-order valence-electron chi connectivity index (χ0n) is 22.4. The first-order valence-corrected chi connectivity index (χ1v) is 14.3. The number of hydrogen-bond acceptors (Lipinski definition) is 4. The first-order chi connectivity index (χ1) is 17.6.